The fourth-order valence-corrected chi connectivity index (χ4v) is 6.78. The highest BCUT2D eigenvalue weighted by molar-refractivity contribution is 5.93. The first-order valence-electron chi connectivity index (χ1n) is 21.8. The summed E-state index contributed by atoms with van der Waals surface area (Å²) in [7, 11) is 0. The fraction of sp³-hybridized carbons (Fsp3) is 0.800. The largest absolute Gasteiger partial charge is 0.445 e. The maximum absolute atomic E-state index is 12.9. The molecular formula is C45H76O8. The van der Waals surface area contributed by atoms with E-state index in [2.05, 4.69) is 38.2 Å². The minimum Gasteiger partial charge on any atom is -0.445 e. The van der Waals surface area contributed by atoms with Gasteiger partial charge >= 0.3 is 17.9 Å². The molecule has 2 rings (SSSR count). The van der Waals surface area contributed by atoms with Crippen LogP contribution >= 0.6 is 0 Å². The van der Waals surface area contributed by atoms with Crippen LogP contribution in [0.15, 0.2) is 35.8 Å². The van der Waals surface area contributed by atoms with E-state index in [1.807, 2.05) is 0 Å². The number of ether oxygens (including phenoxy) is 5. The second-order valence-corrected chi connectivity index (χ2v) is 15.5. The van der Waals surface area contributed by atoms with Crippen molar-refractivity contribution in [2.75, 3.05) is 6.61 Å². The normalized spacial score (nSPS) is 18.5. The molecule has 2 aliphatic rings. The lowest BCUT2D eigenvalue weighted by Gasteiger charge is -2.21. The van der Waals surface area contributed by atoms with Crippen LogP contribution in [0.1, 0.15) is 207 Å². The summed E-state index contributed by atoms with van der Waals surface area (Å²) in [5.41, 5.74) is 0. The van der Waals surface area contributed by atoms with E-state index in [4.69, 9.17) is 23.7 Å². The molecule has 0 spiro atoms. The zero-order valence-corrected chi connectivity index (χ0v) is 34.2. The molecule has 8 heteroatoms. The van der Waals surface area contributed by atoms with Crippen molar-refractivity contribution in [1.82, 2.24) is 0 Å². The smallest absolute Gasteiger partial charge is 0.378 e. The van der Waals surface area contributed by atoms with Gasteiger partial charge < -0.3 is 23.7 Å². The molecule has 1 saturated heterocycles. The number of hydrogen-bond acceptors (Lipinski definition) is 8. The van der Waals surface area contributed by atoms with Gasteiger partial charge in [0, 0.05) is 12.8 Å². The van der Waals surface area contributed by atoms with Gasteiger partial charge in [-0.1, -0.05) is 141 Å². The van der Waals surface area contributed by atoms with Crippen molar-refractivity contribution < 1.29 is 38.1 Å². The van der Waals surface area contributed by atoms with Gasteiger partial charge in [-0.15, -0.1) is 0 Å². The molecule has 0 radical (unpaired) electrons. The van der Waals surface area contributed by atoms with Crippen molar-refractivity contribution in [3.8, 4) is 0 Å². The number of carbonyl (C=O) groups is 3. The zero-order valence-electron chi connectivity index (χ0n) is 34.2. The third kappa shape index (κ3) is 22.5. The van der Waals surface area contributed by atoms with E-state index in [1.165, 1.54) is 89.9 Å². The summed E-state index contributed by atoms with van der Waals surface area (Å²) < 4.78 is 28.4. The summed E-state index contributed by atoms with van der Waals surface area (Å²) in [6.45, 7) is 8.18. The van der Waals surface area contributed by atoms with Gasteiger partial charge in [-0.2, -0.15) is 0 Å². The molecule has 0 aromatic carbocycles. The molecule has 2 heterocycles. The summed E-state index contributed by atoms with van der Waals surface area (Å²) >= 11 is 0. The third-order valence-corrected chi connectivity index (χ3v) is 9.99. The fourth-order valence-electron chi connectivity index (χ4n) is 6.78. The van der Waals surface area contributed by atoms with Crippen molar-refractivity contribution in [3.05, 3.63) is 35.8 Å². The van der Waals surface area contributed by atoms with Crippen LogP contribution in [0.2, 0.25) is 0 Å². The zero-order chi connectivity index (χ0) is 38.4. The monoisotopic (exact) mass is 745 g/mol. The summed E-state index contributed by atoms with van der Waals surface area (Å²) in [5.74, 6) is -3.16. The van der Waals surface area contributed by atoms with Crippen LogP contribution in [0, 0.1) is 0 Å². The average molecular weight is 745 g/mol. The molecule has 2 aliphatic heterocycles. The number of esters is 3. The maximum Gasteiger partial charge on any atom is 0.378 e. The predicted octanol–water partition coefficient (Wildman–Crippen LogP) is 12.4. The van der Waals surface area contributed by atoms with Gasteiger partial charge in [-0.05, 0) is 78.1 Å². The lowest BCUT2D eigenvalue weighted by atomic mass is 10.1. The van der Waals surface area contributed by atoms with Gasteiger partial charge in [0.15, 0.2) is 11.9 Å². The quantitative estimate of drug-likeness (QED) is 0.0283. The Morgan fingerprint density at radius 2 is 1.00 bits per heavy atom. The predicted molar refractivity (Wildman–Crippen MR) is 213 cm³/mol. The highest BCUT2D eigenvalue weighted by atomic mass is 16.8. The molecular weight excluding hydrogens is 668 g/mol. The van der Waals surface area contributed by atoms with E-state index in [0.717, 1.165) is 64.2 Å². The van der Waals surface area contributed by atoms with Crippen molar-refractivity contribution >= 4 is 17.9 Å². The van der Waals surface area contributed by atoms with E-state index in [9.17, 15) is 14.4 Å². The highest BCUT2D eigenvalue weighted by Gasteiger charge is 2.49. The Bertz CT molecular complexity index is 1090. The minimum atomic E-state index is -1.02. The molecule has 0 bridgehead atoms. The van der Waals surface area contributed by atoms with Crippen LogP contribution in [-0.2, 0) is 38.1 Å². The summed E-state index contributed by atoms with van der Waals surface area (Å²) in [5, 5.41) is 0. The number of hydrogen-bond donors (Lipinski definition) is 0. The first-order valence-corrected chi connectivity index (χ1v) is 21.8. The Labute approximate surface area is 323 Å². The summed E-state index contributed by atoms with van der Waals surface area (Å²) in [6, 6.07) is 0. The van der Waals surface area contributed by atoms with E-state index >= 15 is 0 Å². The number of rotatable bonds is 33. The van der Waals surface area contributed by atoms with E-state index in [-0.39, 0.29) is 31.0 Å². The molecule has 0 amide bonds. The molecule has 8 nitrogen and oxygen atoms in total. The van der Waals surface area contributed by atoms with Crippen LogP contribution in [0.25, 0.3) is 0 Å². The lowest BCUT2D eigenvalue weighted by molar-refractivity contribution is -0.165. The van der Waals surface area contributed by atoms with E-state index in [1.54, 1.807) is 13.8 Å². The Hall–Kier alpha value is -2.45. The molecule has 53 heavy (non-hydrogen) atoms. The Kier molecular flexibility index (Phi) is 26.3. The minimum absolute atomic E-state index is 0.0862. The van der Waals surface area contributed by atoms with Gasteiger partial charge in [0.05, 0.1) is 6.61 Å². The Morgan fingerprint density at radius 1 is 0.604 bits per heavy atom. The van der Waals surface area contributed by atoms with Crippen LogP contribution in [-0.4, -0.2) is 42.5 Å². The third-order valence-electron chi connectivity index (χ3n) is 9.99. The molecule has 1 fully saturated rings. The number of carbonyl (C=O) groups excluding carboxylic acids is 3. The SMILES string of the molecule is CCCCCCCC/C=C\CCCCCCCC(=O)OC1=C(OC(=O)CCCCCCC/C=C\CCCCCCCC)C(C2COC(C)(C)O2)OC1=O. The molecule has 2 unspecified atom stereocenters. The van der Waals surface area contributed by atoms with Crippen LogP contribution < -0.4 is 0 Å². The standard InChI is InChI=1S/C45H76O8/c1-5-7-9-11-13-15-17-19-21-23-25-27-29-31-33-35-39(46)50-42-41(38-37-49-45(3,4)53-38)52-44(48)43(42)51-40(47)36-34-32-30-28-26-24-22-20-18-16-14-12-10-8-6-2/h19-22,38,41H,5-18,23-37H2,1-4H3/b21-19-,22-20-. The van der Waals surface area contributed by atoms with Gasteiger partial charge in [-0.3, -0.25) is 9.59 Å². The van der Waals surface area contributed by atoms with Crippen LogP contribution in [0.5, 0.6) is 0 Å². The van der Waals surface area contributed by atoms with Gasteiger partial charge in [0.2, 0.25) is 5.76 Å². The lowest BCUT2D eigenvalue weighted by Crippen LogP contribution is -2.34. The van der Waals surface area contributed by atoms with Crippen molar-refractivity contribution in [3.63, 3.8) is 0 Å². The van der Waals surface area contributed by atoms with Crippen molar-refractivity contribution in [1.29, 1.82) is 0 Å². The van der Waals surface area contributed by atoms with Crippen LogP contribution in [0.4, 0.5) is 0 Å². The molecule has 0 N–H and O–H groups in total. The van der Waals surface area contributed by atoms with E-state index < -0.39 is 35.9 Å². The highest BCUT2D eigenvalue weighted by Crippen LogP contribution is 2.35. The van der Waals surface area contributed by atoms with Crippen molar-refractivity contribution in [2.45, 2.75) is 225 Å². The van der Waals surface area contributed by atoms with Gasteiger partial charge in [0.25, 0.3) is 5.76 Å². The van der Waals surface area contributed by atoms with Gasteiger partial charge in [0.1, 0.15) is 6.10 Å². The molecule has 0 aromatic heterocycles. The molecule has 0 aliphatic carbocycles. The van der Waals surface area contributed by atoms with Crippen LogP contribution in [0.3, 0.4) is 0 Å². The number of unbranched alkanes of at least 4 members (excludes halogenated alkanes) is 22. The second-order valence-electron chi connectivity index (χ2n) is 15.5. The summed E-state index contributed by atoms with van der Waals surface area (Å²) in [6.07, 6.45) is 38.2. The number of cyclic esters (lactones) is 1. The number of allylic oxidation sites excluding steroid dienone is 4. The van der Waals surface area contributed by atoms with Gasteiger partial charge in [-0.25, -0.2) is 4.79 Å². The molecule has 2 atom stereocenters. The second kappa shape index (κ2) is 29.9. The van der Waals surface area contributed by atoms with E-state index in [0.29, 0.717) is 12.8 Å². The average Bonchev–Trinajstić information content (AvgIpc) is 3.65. The molecule has 304 valence electrons. The first-order chi connectivity index (χ1) is 25.8. The molecule has 0 aromatic rings. The Balaban J connectivity index is 1.69. The summed E-state index contributed by atoms with van der Waals surface area (Å²) in [4.78, 5) is 38.6. The molecule has 0 saturated carbocycles. The first kappa shape index (κ1) is 46.7. The van der Waals surface area contributed by atoms with Crippen molar-refractivity contribution in [2.24, 2.45) is 0 Å². The Morgan fingerprint density at radius 3 is 1.42 bits per heavy atom. The topological polar surface area (TPSA) is 97.4 Å². The maximum atomic E-state index is 12.9.